The molecule has 0 saturated carbocycles. The number of anilines is 1. The fourth-order valence-electron chi connectivity index (χ4n) is 3.65. The maximum Gasteiger partial charge on any atom is 0.246 e. The number of tetrazole rings is 1. The van der Waals surface area contributed by atoms with Crippen molar-refractivity contribution in [3.05, 3.63) is 64.6 Å². The van der Waals surface area contributed by atoms with E-state index in [0.717, 1.165) is 26.6 Å². The number of rotatable bonds is 3. The van der Waals surface area contributed by atoms with Gasteiger partial charge in [-0.3, -0.25) is 4.79 Å². The molecule has 9 heteroatoms. The van der Waals surface area contributed by atoms with E-state index < -0.39 is 0 Å². The second-order valence-electron chi connectivity index (χ2n) is 7.06. The third kappa shape index (κ3) is 3.52. The summed E-state index contributed by atoms with van der Waals surface area (Å²) in [5, 5.41) is 18.4. The van der Waals surface area contributed by atoms with Gasteiger partial charge in [0.2, 0.25) is 11.6 Å². The Morgan fingerprint density at radius 1 is 0.967 bits per heavy atom. The molecule has 0 bridgehead atoms. The zero-order valence-electron chi connectivity index (χ0n) is 16.0. The van der Waals surface area contributed by atoms with Gasteiger partial charge in [0.05, 0.1) is 0 Å². The first kappa shape index (κ1) is 18.7. The van der Waals surface area contributed by atoms with Crippen LogP contribution in [-0.2, 0) is 4.79 Å². The number of amides is 1. The highest BCUT2D eigenvalue weighted by Gasteiger charge is 2.23. The molecule has 1 saturated heterocycles. The van der Waals surface area contributed by atoms with Crippen molar-refractivity contribution in [2.45, 2.75) is 0 Å². The van der Waals surface area contributed by atoms with Crippen LogP contribution in [0.2, 0.25) is 0 Å². The van der Waals surface area contributed by atoms with Gasteiger partial charge < -0.3 is 9.80 Å². The van der Waals surface area contributed by atoms with Gasteiger partial charge in [-0.25, -0.2) is 0 Å². The molecule has 0 atom stereocenters. The number of hydrogen-bond acceptors (Lipinski definition) is 6. The van der Waals surface area contributed by atoms with Crippen LogP contribution < -0.4 is 4.90 Å². The molecule has 1 aliphatic rings. The number of carbonyl (C=O) groups excluding carboxylic acids is 1. The fourth-order valence-corrected chi connectivity index (χ4v) is 3.91. The highest BCUT2D eigenvalue weighted by Crippen LogP contribution is 2.27. The summed E-state index contributed by atoms with van der Waals surface area (Å²) in [5.41, 5.74) is 1.64. The molecule has 5 rings (SSSR count). The van der Waals surface area contributed by atoms with Crippen molar-refractivity contribution < 1.29 is 4.79 Å². The Balaban J connectivity index is 1.32. The van der Waals surface area contributed by atoms with Crippen LogP contribution in [0.15, 0.2) is 59.1 Å². The largest absolute Gasteiger partial charge is 0.351 e. The standard InChI is InChI=1S/C21H18BrN7O/c22-16-8-5-15(6-9-16)7-10-19(30)27-11-13-28(14-12-27)21-18-4-2-1-3-17(18)20-23-25-26-29(20)24-21/h1-10H,11-14H2/b10-7+. The average molecular weight is 464 g/mol. The van der Waals surface area contributed by atoms with Crippen molar-refractivity contribution in [3.63, 3.8) is 0 Å². The predicted octanol–water partition coefficient (Wildman–Crippen LogP) is 2.80. The maximum absolute atomic E-state index is 12.6. The molecule has 0 spiro atoms. The summed E-state index contributed by atoms with van der Waals surface area (Å²) in [4.78, 5) is 16.6. The van der Waals surface area contributed by atoms with E-state index in [9.17, 15) is 4.79 Å². The first-order chi connectivity index (χ1) is 14.7. The molecule has 2 aromatic carbocycles. The number of hydrogen-bond donors (Lipinski definition) is 0. The Kier molecular flexibility index (Phi) is 4.88. The zero-order chi connectivity index (χ0) is 20.5. The summed E-state index contributed by atoms with van der Waals surface area (Å²) >= 11 is 3.42. The smallest absolute Gasteiger partial charge is 0.246 e. The highest BCUT2D eigenvalue weighted by atomic mass is 79.9. The van der Waals surface area contributed by atoms with Gasteiger partial charge in [-0.05, 0) is 34.2 Å². The van der Waals surface area contributed by atoms with Crippen molar-refractivity contribution in [3.8, 4) is 0 Å². The lowest BCUT2D eigenvalue weighted by Crippen LogP contribution is -2.48. The quantitative estimate of drug-likeness (QED) is 0.434. The summed E-state index contributed by atoms with van der Waals surface area (Å²) in [5.74, 6) is 0.856. The number of fused-ring (bicyclic) bond motifs is 3. The lowest BCUT2D eigenvalue weighted by Gasteiger charge is -2.35. The van der Waals surface area contributed by atoms with Crippen LogP contribution in [0.25, 0.3) is 22.5 Å². The van der Waals surface area contributed by atoms with Gasteiger partial charge in [-0.1, -0.05) is 52.3 Å². The van der Waals surface area contributed by atoms with E-state index in [1.165, 1.54) is 4.63 Å². The molecular weight excluding hydrogens is 446 g/mol. The normalized spacial score (nSPS) is 14.8. The van der Waals surface area contributed by atoms with Crippen LogP contribution in [0.5, 0.6) is 0 Å². The third-order valence-corrected chi connectivity index (χ3v) is 5.76. The predicted molar refractivity (Wildman–Crippen MR) is 118 cm³/mol. The first-order valence-electron chi connectivity index (χ1n) is 9.64. The van der Waals surface area contributed by atoms with Crippen LogP contribution in [0.1, 0.15) is 5.56 Å². The van der Waals surface area contributed by atoms with E-state index in [4.69, 9.17) is 0 Å². The van der Waals surface area contributed by atoms with Gasteiger partial charge in [0.1, 0.15) is 0 Å². The second kappa shape index (κ2) is 7.83. The van der Waals surface area contributed by atoms with Gasteiger partial charge >= 0.3 is 0 Å². The molecule has 1 fully saturated rings. The summed E-state index contributed by atoms with van der Waals surface area (Å²) < 4.78 is 2.49. The molecule has 0 aliphatic carbocycles. The van der Waals surface area contributed by atoms with E-state index >= 15 is 0 Å². The van der Waals surface area contributed by atoms with Crippen LogP contribution in [0.3, 0.4) is 0 Å². The molecule has 0 unspecified atom stereocenters. The Hall–Kier alpha value is -3.33. The lowest BCUT2D eigenvalue weighted by molar-refractivity contribution is -0.126. The van der Waals surface area contributed by atoms with Crippen molar-refractivity contribution in [2.24, 2.45) is 0 Å². The Labute approximate surface area is 180 Å². The molecule has 150 valence electrons. The molecule has 2 aromatic heterocycles. The minimum atomic E-state index is 0.0197. The van der Waals surface area contributed by atoms with E-state index in [-0.39, 0.29) is 5.91 Å². The molecule has 1 amide bonds. The van der Waals surface area contributed by atoms with Gasteiger partial charge in [-0.2, -0.15) is 0 Å². The Bertz CT molecular complexity index is 1240. The maximum atomic E-state index is 12.6. The van der Waals surface area contributed by atoms with Crippen LogP contribution in [0, 0.1) is 0 Å². The van der Waals surface area contributed by atoms with E-state index in [1.54, 1.807) is 6.08 Å². The van der Waals surface area contributed by atoms with Crippen LogP contribution in [-0.4, -0.2) is 62.2 Å². The highest BCUT2D eigenvalue weighted by molar-refractivity contribution is 9.10. The number of piperazine rings is 1. The van der Waals surface area contributed by atoms with Crippen molar-refractivity contribution in [2.75, 3.05) is 31.1 Å². The molecule has 1 aliphatic heterocycles. The molecule has 0 N–H and O–H groups in total. The summed E-state index contributed by atoms with van der Waals surface area (Å²) in [6, 6.07) is 15.8. The number of benzene rings is 2. The molecule has 30 heavy (non-hydrogen) atoms. The van der Waals surface area contributed by atoms with Crippen molar-refractivity contribution in [1.29, 1.82) is 0 Å². The monoisotopic (exact) mass is 463 g/mol. The van der Waals surface area contributed by atoms with Crippen LogP contribution in [0.4, 0.5) is 5.82 Å². The second-order valence-corrected chi connectivity index (χ2v) is 7.97. The van der Waals surface area contributed by atoms with Crippen molar-refractivity contribution in [1.82, 2.24) is 30.2 Å². The Morgan fingerprint density at radius 2 is 1.70 bits per heavy atom. The minimum Gasteiger partial charge on any atom is -0.351 e. The molecular formula is C21H18BrN7O. The SMILES string of the molecule is O=C(/C=C/c1ccc(Br)cc1)N1CCN(c2nn3nnnc3c3ccccc23)CC1. The summed E-state index contributed by atoms with van der Waals surface area (Å²) in [6.45, 7) is 2.66. The molecule has 0 radical (unpaired) electrons. The zero-order valence-corrected chi connectivity index (χ0v) is 17.6. The van der Waals surface area contributed by atoms with Crippen molar-refractivity contribution >= 4 is 50.2 Å². The number of nitrogens with zero attached hydrogens (tertiary/aromatic N) is 7. The lowest BCUT2D eigenvalue weighted by atomic mass is 10.1. The van der Waals surface area contributed by atoms with Crippen LogP contribution >= 0.6 is 15.9 Å². The van der Waals surface area contributed by atoms with E-state index in [1.807, 2.05) is 59.5 Å². The summed E-state index contributed by atoms with van der Waals surface area (Å²) in [7, 11) is 0. The average Bonchev–Trinajstić information content (AvgIpc) is 3.27. The first-order valence-corrected chi connectivity index (χ1v) is 10.4. The van der Waals surface area contributed by atoms with Gasteiger partial charge in [0.15, 0.2) is 5.82 Å². The number of halogens is 1. The molecule has 3 heterocycles. The van der Waals surface area contributed by atoms with Gasteiger partial charge in [0, 0.05) is 47.5 Å². The van der Waals surface area contributed by atoms with Gasteiger partial charge in [0.25, 0.3) is 0 Å². The molecule has 8 nitrogen and oxygen atoms in total. The third-order valence-electron chi connectivity index (χ3n) is 5.23. The van der Waals surface area contributed by atoms with E-state index in [2.05, 4.69) is 41.5 Å². The molecule has 4 aromatic rings. The fraction of sp³-hybridized carbons (Fsp3) is 0.190. The summed E-state index contributed by atoms with van der Waals surface area (Å²) in [6.07, 6.45) is 3.49. The number of aromatic nitrogens is 5. The minimum absolute atomic E-state index is 0.0197. The number of carbonyl (C=O) groups is 1. The van der Waals surface area contributed by atoms with E-state index in [0.29, 0.717) is 31.8 Å². The topological polar surface area (TPSA) is 79.5 Å². The Morgan fingerprint density at radius 3 is 2.47 bits per heavy atom. The van der Waals surface area contributed by atoms with Gasteiger partial charge in [-0.15, -0.1) is 14.8 Å².